The van der Waals surface area contributed by atoms with Crippen LogP contribution in [0.15, 0.2) is 42.7 Å². The number of hydrogen-bond acceptors (Lipinski definition) is 2. The molecule has 0 unspecified atom stereocenters. The smallest absolute Gasteiger partial charge is 0.169 e. The number of ether oxygens (including phenoxy) is 1. The van der Waals surface area contributed by atoms with Gasteiger partial charge in [-0.2, -0.15) is 0 Å². The van der Waals surface area contributed by atoms with Crippen LogP contribution >= 0.6 is 0 Å². The van der Waals surface area contributed by atoms with Crippen molar-refractivity contribution in [3.63, 3.8) is 0 Å². The Kier molecular flexibility index (Phi) is 5.82. The number of nitrogens with zero attached hydrogens (tertiary/aromatic N) is 1. The Morgan fingerprint density at radius 1 is 1.05 bits per heavy atom. The maximum absolute atomic E-state index is 9.50. The molecule has 0 aliphatic carbocycles. The third-order valence-electron chi connectivity index (χ3n) is 2.68. The van der Waals surface area contributed by atoms with E-state index in [2.05, 4.69) is 0 Å². The molecule has 1 N–H and O–H groups in total. The van der Waals surface area contributed by atoms with Gasteiger partial charge in [0.2, 0.25) is 0 Å². The fourth-order valence-corrected chi connectivity index (χ4v) is 1.61. The van der Waals surface area contributed by atoms with Gasteiger partial charge >= 0.3 is 0 Å². The Bertz CT molecular complexity index is 565. The highest BCUT2D eigenvalue weighted by atomic mass is 127. The van der Waals surface area contributed by atoms with Gasteiger partial charge in [0, 0.05) is 12.1 Å². The lowest BCUT2D eigenvalue weighted by atomic mass is 10.1. The largest absolute Gasteiger partial charge is 1.00 e. The summed E-state index contributed by atoms with van der Waals surface area (Å²) in [7, 11) is 3.53. The quantitative estimate of drug-likeness (QED) is 0.579. The van der Waals surface area contributed by atoms with Crippen molar-refractivity contribution in [3.05, 3.63) is 53.9 Å². The number of pyridine rings is 1. The van der Waals surface area contributed by atoms with Crippen LogP contribution in [0.4, 0.5) is 0 Å². The molecule has 0 fully saturated rings. The van der Waals surface area contributed by atoms with Gasteiger partial charge in [0.15, 0.2) is 23.9 Å². The first-order valence-corrected chi connectivity index (χ1v) is 5.69. The van der Waals surface area contributed by atoms with Gasteiger partial charge in [0.05, 0.1) is 7.11 Å². The molecular weight excluding hydrogens is 353 g/mol. The lowest BCUT2D eigenvalue weighted by Gasteiger charge is -2.03. The summed E-state index contributed by atoms with van der Waals surface area (Å²) in [6.45, 7) is 0. The number of methoxy groups -OCH3 is 1. The molecule has 1 aromatic carbocycles. The first-order chi connectivity index (χ1) is 8.69. The summed E-state index contributed by atoms with van der Waals surface area (Å²) in [5, 5.41) is 9.50. The van der Waals surface area contributed by atoms with Gasteiger partial charge in [-0.25, -0.2) is 4.57 Å². The maximum Gasteiger partial charge on any atom is 0.169 e. The molecule has 0 saturated carbocycles. The van der Waals surface area contributed by atoms with E-state index in [0.717, 1.165) is 11.1 Å². The average molecular weight is 369 g/mol. The molecule has 3 nitrogen and oxygen atoms in total. The van der Waals surface area contributed by atoms with Crippen LogP contribution in [0.1, 0.15) is 11.1 Å². The van der Waals surface area contributed by atoms with E-state index in [0.29, 0.717) is 5.75 Å². The number of aryl methyl sites for hydroxylation is 1. The number of hydrogen-bond donors (Lipinski definition) is 1. The Labute approximate surface area is 130 Å². The van der Waals surface area contributed by atoms with E-state index >= 15 is 0 Å². The lowest BCUT2D eigenvalue weighted by Crippen LogP contribution is -3.00. The van der Waals surface area contributed by atoms with Gasteiger partial charge in [0.25, 0.3) is 0 Å². The summed E-state index contributed by atoms with van der Waals surface area (Å²) >= 11 is 0. The predicted molar refractivity (Wildman–Crippen MR) is 71.2 cm³/mol. The minimum Gasteiger partial charge on any atom is -1.00 e. The van der Waals surface area contributed by atoms with E-state index in [-0.39, 0.29) is 29.7 Å². The summed E-state index contributed by atoms with van der Waals surface area (Å²) < 4.78 is 7.05. The van der Waals surface area contributed by atoms with Crippen molar-refractivity contribution in [1.82, 2.24) is 0 Å². The predicted octanol–water partition coefficient (Wildman–Crippen LogP) is -0.600. The summed E-state index contributed by atoms with van der Waals surface area (Å²) in [5.74, 6) is 0.637. The number of benzene rings is 1. The molecule has 0 radical (unpaired) electrons. The fraction of sp³-hybridized carbons (Fsp3) is 0.133. The first-order valence-electron chi connectivity index (χ1n) is 5.69. The van der Waals surface area contributed by atoms with Gasteiger partial charge in [-0.05, 0) is 23.3 Å². The highest BCUT2D eigenvalue weighted by molar-refractivity contribution is 5.70. The summed E-state index contributed by atoms with van der Waals surface area (Å²) in [6.07, 6.45) is 8.00. The van der Waals surface area contributed by atoms with E-state index in [4.69, 9.17) is 4.74 Å². The average Bonchev–Trinajstić information content (AvgIpc) is 2.39. The number of phenols is 1. The second-order valence-electron chi connectivity index (χ2n) is 4.06. The van der Waals surface area contributed by atoms with E-state index in [9.17, 15) is 5.11 Å². The van der Waals surface area contributed by atoms with Crippen LogP contribution < -0.4 is 33.3 Å². The summed E-state index contributed by atoms with van der Waals surface area (Å²) in [4.78, 5) is 0. The molecule has 0 atom stereocenters. The molecule has 19 heavy (non-hydrogen) atoms. The Morgan fingerprint density at radius 3 is 2.32 bits per heavy atom. The zero-order valence-electron chi connectivity index (χ0n) is 10.9. The van der Waals surface area contributed by atoms with Crippen LogP contribution in [0.3, 0.4) is 0 Å². The van der Waals surface area contributed by atoms with Gasteiger partial charge in [-0.3, -0.25) is 0 Å². The molecule has 2 rings (SSSR count). The molecule has 1 aromatic heterocycles. The lowest BCUT2D eigenvalue weighted by molar-refractivity contribution is -0.671. The Balaban J connectivity index is 0.00000180. The first kappa shape index (κ1) is 15.5. The number of phenolic OH excluding ortho intramolecular Hbond substituents is 1. The summed E-state index contributed by atoms with van der Waals surface area (Å²) in [5.41, 5.74) is 2.11. The van der Waals surface area contributed by atoms with Crippen molar-refractivity contribution in [2.45, 2.75) is 0 Å². The van der Waals surface area contributed by atoms with Crippen LogP contribution in [0.25, 0.3) is 12.2 Å². The van der Waals surface area contributed by atoms with E-state index in [1.165, 1.54) is 0 Å². The molecule has 0 spiro atoms. The molecule has 4 heteroatoms. The minimum absolute atomic E-state index is 0. The molecular formula is C15H16INO2. The van der Waals surface area contributed by atoms with Gasteiger partial charge in [-0.1, -0.05) is 18.2 Å². The number of aromatic hydroxyl groups is 1. The van der Waals surface area contributed by atoms with Crippen molar-refractivity contribution in [3.8, 4) is 11.5 Å². The van der Waals surface area contributed by atoms with Crippen molar-refractivity contribution >= 4 is 12.2 Å². The number of aromatic nitrogens is 1. The Morgan fingerprint density at radius 2 is 1.68 bits per heavy atom. The maximum atomic E-state index is 9.50. The highest BCUT2D eigenvalue weighted by Crippen LogP contribution is 2.26. The third-order valence-corrected chi connectivity index (χ3v) is 2.68. The van der Waals surface area contributed by atoms with Crippen LogP contribution in [0.5, 0.6) is 11.5 Å². The van der Waals surface area contributed by atoms with E-state index in [1.807, 2.05) is 54.4 Å². The highest BCUT2D eigenvalue weighted by Gasteiger charge is 2.00. The molecule has 0 saturated heterocycles. The zero-order valence-corrected chi connectivity index (χ0v) is 13.0. The van der Waals surface area contributed by atoms with Crippen molar-refractivity contribution in [2.24, 2.45) is 7.05 Å². The van der Waals surface area contributed by atoms with E-state index in [1.54, 1.807) is 19.2 Å². The van der Waals surface area contributed by atoms with Gasteiger partial charge < -0.3 is 33.8 Å². The molecule has 100 valence electrons. The summed E-state index contributed by atoms with van der Waals surface area (Å²) in [6, 6.07) is 9.35. The molecule has 2 aromatic rings. The normalized spacial score (nSPS) is 10.2. The zero-order chi connectivity index (χ0) is 13.0. The van der Waals surface area contributed by atoms with Crippen LogP contribution in [-0.2, 0) is 7.05 Å². The number of halogens is 1. The number of rotatable bonds is 3. The fourth-order valence-electron chi connectivity index (χ4n) is 1.61. The van der Waals surface area contributed by atoms with Crippen LogP contribution in [0.2, 0.25) is 0 Å². The van der Waals surface area contributed by atoms with Crippen molar-refractivity contribution in [2.75, 3.05) is 7.11 Å². The van der Waals surface area contributed by atoms with Crippen LogP contribution in [-0.4, -0.2) is 12.2 Å². The van der Waals surface area contributed by atoms with Crippen LogP contribution in [0, 0.1) is 0 Å². The second kappa shape index (κ2) is 7.13. The molecule has 0 aliphatic rings. The second-order valence-corrected chi connectivity index (χ2v) is 4.06. The van der Waals surface area contributed by atoms with E-state index < -0.39 is 0 Å². The molecule has 1 heterocycles. The molecule has 0 amide bonds. The van der Waals surface area contributed by atoms with Crippen molar-refractivity contribution in [1.29, 1.82) is 0 Å². The van der Waals surface area contributed by atoms with Gasteiger partial charge in [0.1, 0.15) is 7.05 Å². The SMILES string of the molecule is COc1cc(C=Cc2cc[n+](C)cc2)ccc1O.[I-]. The minimum atomic E-state index is 0. The Hall–Kier alpha value is -1.56. The van der Waals surface area contributed by atoms with Crippen molar-refractivity contribution < 1.29 is 38.4 Å². The molecule has 0 bridgehead atoms. The standard InChI is InChI=1S/C15H15NO2.HI/c1-16-9-7-12(8-10-16)3-4-13-5-6-14(17)15(11-13)18-2;/h3-11H,1-2H3;1H. The molecule has 0 aliphatic heterocycles. The monoisotopic (exact) mass is 369 g/mol. The van der Waals surface area contributed by atoms with Gasteiger partial charge in [-0.15, -0.1) is 0 Å². The topological polar surface area (TPSA) is 33.3 Å². The third kappa shape index (κ3) is 4.24.